The van der Waals surface area contributed by atoms with Gasteiger partial charge in [0.15, 0.2) is 0 Å². The predicted molar refractivity (Wildman–Crippen MR) is 80.5 cm³/mol. The minimum Gasteiger partial charge on any atom is -0.350 e. The topological polar surface area (TPSA) is 84.2 Å². The number of hydrogen-bond acceptors (Lipinski definition) is 3. The van der Waals surface area contributed by atoms with Gasteiger partial charge >= 0.3 is 0 Å². The van der Waals surface area contributed by atoms with Crippen molar-refractivity contribution in [2.24, 2.45) is 11.7 Å². The van der Waals surface area contributed by atoms with Gasteiger partial charge in [-0.3, -0.25) is 9.59 Å². The van der Waals surface area contributed by atoms with Gasteiger partial charge < -0.3 is 16.4 Å². The molecule has 2 unspecified atom stereocenters. The fourth-order valence-corrected chi connectivity index (χ4v) is 1.58. The monoisotopic (exact) mass is 277 g/mol. The Hall–Kier alpha value is -1.88. The summed E-state index contributed by atoms with van der Waals surface area (Å²) < 4.78 is 0. The summed E-state index contributed by atoms with van der Waals surface area (Å²) in [7, 11) is 0. The van der Waals surface area contributed by atoms with E-state index in [2.05, 4.69) is 10.6 Å². The van der Waals surface area contributed by atoms with Gasteiger partial charge in [0.1, 0.15) is 0 Å². The maximum Gasteiger partial charge on any atom is 0.251 e. The smallest absolute Gasteiger partial charge is 0.251 e. The molecule has 1 rings (SSSR count). The van der Waals surface area contributed by atoms with Crippen LogP contribution in [0, 0.1) is 5.92 Å². The van der Waals surface area contributed by atoms with Crippen LogP contribution < -0.4 is 16.4 Å². The van der Waals surface area contributed by atoms with Crippen LogP contribution >= 0.6 is 0 Å². The van der Waals surface area contributed by atoms with Crippen LogP contribution in [-0.4, -0.2) is 23.9 Å². The van der Waals surface area contributed by atoms with Gasteiger partial charge in [-0.15, -0.1) is 0 Å². The summed E-state index contributed by atoms with van der Waals surface area (Å²) in [5.74, 6) is -0.596. The molecule has 5 heteroatoms. The van der Waals surface area contributed by atoms with Crippen molar-refractivity contribution in [3.8, 4) is 0 Å². The number of carbonyl (C=O) groups excluding carboxylic acids is 2. The molecule has 0 aliphatic heterocycles. The molecule has 4 N–H and O–H groups in total. The van der Waals surface area contributed by atoms with Crippen molar-refractivity contribution in [3.63, 3.8) is 0 Å². The number of amides is 2. The van der Waals surface area contributed by atoms with Crippen LogP contribution in [0.3, 0.4) is 0 Å². The molecule has 110 valence electrons. The van der Waals surface area contributed by atoms with Crippen LogP contribution in [0.5, 0.6) is 0 Å². The molecule has 2 atom stereocenters. The molecule has 2 amide bonds. The Morgan fingerprint density at radius 3 is 2.35 bits per heavy atom. The van der Waals surface area contributed by atoms with Gasteiger partial charge in [-0.1, -0.05) is 13.0 Å². The molecule has 0 saturated heterocycles. The molecule has 0 saturated carbocycles. The van der Waals surface area contributed by atoms with E-state index in [9.17, 15) is 9.59 Å². The first kappa shape index (κ1) is 16.2. The van der Waals surface area contributed by atoms with Gasteiger partial charge in [0.2, 0.25) is 5.91 Å². The van der Waals surface area contributed by atoms with Crippen molar-refractivity contribution in [2.75, 3.05) is 5.32 Å². The SMILES string of the molecule is CC(C)NC(=O)c1cccc(NC(=O)C(C)C(C)N)c1. The van der Waals surface area contributed by atoms with Gasteiger partial charge in [0.05, 0.1) is 5.92 Å². The molecule has 1 aromatic carbocycles. The molecule has 0 fully saturated rings. The molecular formula is C15H23N3O2. The molecule has 0 heterocycles. The lowest BCUT2D eigenvalue weighted by Gasteiger charge is -2.16. The largest absolute Gasteiger partial charge is 0.350 e. The van der Waals surface area contributed by atoms with E-state index in [1.165, 1.54) is 0 Å². The van der Waals surface area contributed by atoms with E-state index in [0.717, 1.165) is 0 Å². The normalized spacial score (nSPS) is 13.7. The molecule has 5 nitrogen and oxygen atoms in total. The van der Waals surface area contributed by atoms with E-state index in [-0.39, 0.29) is 29.8 Å². The van der Waals surface area contributed by atoms with E-state index >= 15 is 0 Å². The summed E-state index contributed by atoms with van der Waals surface area (Å²) in [6.45, 7) is 7.35. The van der Waals surface area contributed by atoms with Crippen LogP contribution in [0.25, 0.3) is 0 Å². The first-order chi connectivity index (χ1) is 9.31. The molecule has 1 aromatic rings. The number of anilines is 1. The Morgan fingerprint density at radius 2 is 1.80 bits per heavy atom. The third-order valence-corrected chi connectivity index (χ3v) is 3.01. The second-order valence-electron chi connectivity index (χ2n) is 5.35. The lowest BCUT2D eigenvalue weighted by Crippen LogP contribution is -2.34. The third kappa shape index (κ3) is 4.66. The Bertz CT molecular complexity index is 484. The molecule has 20 heavy (non-hydrogen) atoms. The first-order valence-electron chi connectivity index (χ1n) is 6.78. The van der Waals surface area contributed by atoms with Crippen molar-refractivity contribution in [3.05, 3.63) is 29.8 Å². The zero-order chi connectivity index (χ0) is 15.3. The van der Waals surface area contributed by atoms with E-state index in [4.69, 9.17) is 5.73 Å². The highest BCUT2D eigenvalue weighted by Crippen LogP contribution is 2.13. The van der Waals surface area contributed by atoms with Crippen molar-refractivity contribution < 1.29 is 9.59 Å². The van der Waals surface area contributed by atoms with Crippen molar-refractivity contribution in [1.29, 1.82) is 0 Å². The quantitative estimate of drug-likeness (QED) is 0.766. The molecule has 0 aliphatic carbocycles. The second-order valence-corrected chi connectivity index (χ2v) is 5.35. The van der Waals surface area contributed by atoms with Crippen molar-refractivity contribution >= 4 is 17.5 Å². The van der Waals surface area contributed by atoms with E-state index in [0.29, 0.717) is 11.3 Å². The van der Waals surface area contributed by atoms with Crippen LogP contribution in [-0.2, 0) is 4.79 Å². The van der Waals surface area contributed by atoms with Crippen LogP contribution in [0.4, 0.5) is 5.69 Å². The minimum absolute atomic E-state index is 0.0684. The van der Waals surface area contributed by atoms with E-state index < -0.39 is 0 Å². The minimum atomic E-state index is -0.289. The fraction of sp³-hybridized carbons (Fsp3) is 0.467. The summed E-state index contributed by atoms with van der Waals surface area (Å²) in [6.07, 6.45) is 0. The fourth-order valence-electron chi connectivity index (χ4n) is 1.58. The molecule has 0 bridgehead atoms. The Morgan fingerprint density at radius 1 is 1.15 bits per heavy atom. The summed E-state index contributed by atoms with van der Waals surface area (Å²) in [5, 5.41) is 5.58. The Balaban J connectivity index is 2.78. The lowest BCUT2D eigenvalue weighted by molar-refractivity contribution is -0.119. The van der Waals surface area contributed by atoms with E-state index in [1.807, 2.05) is 13.8 Å². The van der Waals surface area contributed by atoms with Gasteiger partial charge in [-0.2, -0.15) is 0 Å². The van der Waals surface area contributed by atoms with Crippen molar-refractivity contribution in [2.45, 2.75) is 39.8 Å². The number of nitrogens with two attached hydrogens (primary N) is 1. The summed E-state index contributed by atoms with van der Waals surface area (Å²) >= 11 is 0. The predicted octanol–water partition coefficient (Wildman–Crippen LogP) is 1.75. The third-order valence-electron chi connectivity index (χ3n) is 3.01. The molecule has 0 aromatic heterocycles. The highest BCUT2D eigenvalue weighted by Gasteiger charge is 2.17. The number of rotatable bonds is 5. The maximum atomic E-state index is 11.9. The van der Waals surface area contributed by atoms with Gasteiger partial charge in [0, 0.05) is 23.3 Å². The molecular weight excluding hydrogens is 254 g/mol. The van der Waals surface area contributed by atoms with E-state index in [1.54, 1.807) is 38.1 Å². The first-order valence-corrected chi connectivity index (χ1v) is 6.78. The number of benzene rings is 1. The van der Waals surface area contributed by atoms with Crippen LogP contribution in [0.1, 0.15) is 38.1 Å². The van der Waals surface area contributed by atoms with Gasteiger partial charge in [-0.05, 0) is 39.0 Å². The average Bonchev–Trinajstić information content (AvgIpc) is 2.37. The Labute approximate surface area is 119 Å². The number of hydrogen-bond donors (Lipinski definition) is 3. The maximum absolute atomic E-state index is 11.9. The summed E-state index contributed by atoms with van der Waals surface area (Å²) in [4.78, 5) is 23.8. The summed E-state index contributed by atoms with van der Waals surface area (Å²) in [5.41, 5.74) is 6.81. The van der Waals surface area contributed by atoms with Gasteiger partial charge in [0.25, 0.3) is 5.91 Å². The standard InChI is InChI=1S/C15H23N3O2/c1-9(2)17-15(20)12-6-5-7-13(8-12)18-14(19)10(3)11(4)16/h5-11H,16H2,1-4H3,(H,17,20)(H,18,19). The zero-order valence-corrected chi connectivity index (χ0v) is 12.4. The lowest BCUT2D eigenvalue weighted by atomic mass is 10.0. The number of nitrogens with one attached hydrogen (secondary N) is 2. The van der Waals surface area contributed by atoms with Gasteiger partial charge in [-0.25, -0.2) is 0 Å². The van der Waals surface area contributed by atoms with Crippen LogP contribution in [0.2, 0.25) is 0 Å². The van der Waals surface area contributed by atoms with Crippen LogP contribution in [0.15, 0.2) is 24.3 Å². The average molecular weight is 277 g/mol. The molecule has 0 radical (unpaired) electrons. The molecule has 0 aliphatic rings. The second kappa shape index (κ2) is 7.05. The molecule has 0 spiro atoms. The Kier molecular flexibility index (Phi) is 5.70. The summed E-state index contributed by atoms with van der Waals surface area (Å²) in [6, 6.07) is 6.70. The highest BCUT2D eigenvalue weighted by atomic mass is 16.2. The number of carbonyl (C=O) groups is 2. The highest BCUT2D eigenvalue weighted by molar-refractivity contribution is 5.97. The zero-order valence-electron chi connectivity index (χ0n) is 12.4. The van der Waals surface area contributed by atoms with Crippen molar-refractivity contribution in [1.82, 2.24) is 5.32 Å².